The summed E-state index contributed by atoms with van der Waals surface area (Å²) >= 11 is 0. The SMILES string of the molecule is C[C@@H]1COC[C@H](c2ccc(C(F)(F)F)cn2)N1C(=O)c1ccc2nc(N)c3c(c2c1)CO[C@@H]3C. The third-order valence-electron chi connectivity index (χ3n) is 6.43. The minimum atomic E-state index is -4.48. The zero-order chi connectivity index (χ0) is 24.2. The Balaban J connectivity index is 1.52. The van der Waals surface area contributed by atoms with Crippen LogP contribution in [-0.4, -0.2) is 40.0 Å². The fourth-order valence-corrected chi connectivity index (χ4v) is 4.71. The number of carbonyl (C=O) groups is 1. The van der Waals surface area contributed by atoms with Crippen LogP contribution in [0.15, 0.2) is 36.5 Å². The van der Waals surface area contributed by atoms with Gasteiger partial charge in [0.05, 0.1) is 54.8 Å². The van der Waals surface area contributed by atoms with Crippen LogP contribution in [-0.2, 0) is 22.3 Å². The van der Waals surface area contributed by atoms with Crippen molar-refractivity contribution in [1.82, 2.24) is 14.9 Å². The summed E-state index contributed by atoms with van der Waals surface area (Å²) in [6.45, 7) is 4.58. The molecule has 5 rings (SSSR count). The summed E-state index contributed by atoms with van der Waals surface area (Å²) < 4.78 is 50.3. The molecule has 2 aliphatic rings. The number of nitrogens with zero attached hydrogens (tertiary/aromatic N) is 3. The van der Waals surface area contributed by atoms with E-state index in [0.717, 1.165) is 28.8 Å². The molecule has 10 heteroatoms. The number of fused-ring (bicyclic) bond motifs is 3. The highest BCUT2D eigenvalue weighted by Crippen LogP contribution is 2.39. The number of amides is 1. The number of nitrogens with two attached hydrogens (primary N) is 1. The summed E-state index contributed by atoms with van der Waals surface area (Å²) in [5.41, 5.74) is 8.48. The fourth-order valence-electron chi connectivity index (χ4n) is 4.71. The normalized spacial score (nSPS) is 22.7. The summed E-state index contributed by atoms with van der Waals surface area (Å²) in [5.74, 6) is 0.156. The average molecular weight is 472 g/mol. The Kier molecular flexibility index (Phi) is 5.44. The predicted molar refractivity (Wildman–Crippen MR) is 118 cm³/mol. The molecule has 4 heterocycles. The van der Waals surface area contributed by atoms with Gasteiger partial charge < -0.3 is 20.1 Å². The molecule has 7 nitrogen and oxygen atoms in total. The topological polar surface area (TPSA) is 90.6 Å². The van der Waals surface area contributed by atoms with Crippen molar-refractivity contribution in [3.8, 4) is 0 Å². The molecular formula is C24H23F3N4O3. The fraction of sp³-hybridized carbons (Fsp3) is 0.375. The number of nitrogen functional groups attached to an aromatic ring is 1. The standard InChI is InChI=1S/C24H23F3N4O3/c1-12-9-33-11-20(19-6-4-15(8-29-19)24(25,26)27)31(12)23(32)14-3-5-18-16(7-14)17-10-34-13(2)21(17)22(28)30-18/h3-8,12-13,20H,9-11H2,1-2H3,(H2,28,30)/t12-,13-,20-/m1/s1. The molecule has 2 N–H and O–H groups in total. The van der Waals surface area contributed by atoms with Gasteiger partial charge in [-0.3, -0.25) is 9.78 Å². The zero-order valence-corrected chi connectivity index (χ0v) is 18.6. The maximum absolute atomic E-state index is 13.7. The van der Waals surface area contributed by atoms with Crippen molar-refractivity contribution in [3.05, 3.63) is 64.5 Å². The Labute approximate surface area is 193 Å². The Morgan fingerprint density at radius 3 is 2.68 bits per heavy atom. The van der Waals surface area contributed by atoms with Crippen LogP contribution in [0.5, 0.6) is 0 Å². The molecule has 2 aliphatic heterocycles. The highest BCUT2D eigenvalue weighted by Gasteiger charge is 2.37. The second kappa shape index (κ2) is 8.21. The summed E-state index contributed by atoms with van der Waals surface area (Å²) in [6, 6.07) is 6.57. The van der Waals surface area contributed by atoms with E-state index in [2.05, 4.69) is 9.97 Å². The van der Waals surface area contributed by atoms with Gasteiger partial charge in [-0.2, -0.15) is 13.2 Å². The number of halogens is 3. The average Bonchev–Trinajstić information content (AvgIpc) is 3.20. The number of pyridine rings is 2. The van der Waals surface area contributed by atoms with Crippen LogP contribution >= 0.6 is 0 Å². The van der Waals surface area contributed by atoms with Gasteiger partial charge in [0.1, 0.15) is 5.82 Å². The monoisotopic (exact) mass is 472 g/mol. The van der Waals surface area contributed by atoms with Gasteiger partial charge in [0.2, 0.25) is 0 Å². The lowest BCUT2D eigenvalue weighted by Gasteiger charge is -2.40. The third kappa shape index (κ3) is 3.76. The van der Waals surface area contributed by atoms with Gasteiger partial charge in [-0.25, -0.2) is 4.98 Å². The molecule has 1 fully saturated rings. The van der Waals surface area contributed by atoms with Gasteiger partial charge in [0.15, 0.2) is 0 Å². The number of ether oxygens (including phenoxy) is 2. The lowest BCUT2D eigenvalue weighted by atomic mass is 9.99. The molecule has 1 saturated heterocycles. The van der Waals surface area contributed by atoms with Crippen molar-refractivity contribution in [2.75, 3.05) is 18.9 Å². The van der Waals surface area contributed by atoms with Crippen LogP contribution in [0, 0.1) is 0 Å². The van der Waals surface area contributed by atoms with E-state index >= 15 is 0 Å². The largest absolute Gasteiger partial charge is 0.417 e. The van der Waals surface area contributed by atoms with Crippen molar-refractivity contribution < 1.29 is 27.4 Å². The molecule has 0 unspecified atom stereocenters. The van der Waals surface area contributed by atoms with Gasteiger partial charge in [-0.15, -0.1) is 0 Å². The van der Waals surface area contributed by atoms with E-state index in [4.69, 9.17) is 15.2 Å². The van der Waals surface area contributed by atoms with E-state index < -0.39 is 17.8 Å². The van der Waals surface area contributed by atoms with E-state index in [-0.39, 0.29) is 24.7 Å². The zero-order valence-electron chi connectivity index (χ0n) is 18.6. The molecule has 34 heavy (non-hydrogen) atoms. The molecule has 3 aromatic rings. The first kappa shape index (κ1) is 22.5. The predicted octanol–water partition coefficient (Wildman–Crippen LogP) is 4.42. The first-order valence-electron chi connectivity index (χ1n) is 10.9. The molecule has 3 atom stereocenters. The number of anilines is 1. The molecule has 0 radical (unpaired) electrons. The van der Waals surface area contributed by atoms with Crippen LogP contribution < -0.4 is 5.73 Å². The van der Waals surface area contributed by atoms with Gasteiger partial charge in [-0.05, 0) is 49.7 Å². The maximum Gasteiger partial charge on any atom is 0.417 e. The van der Waals surface area contributed by atoms with E-state index in [1.54, 1.807) is 23.1 Å². The van der Waals surface area contributed by atoms with E-state index in [1.165, 1.54) is 6.07 Å². The molecule has 0 aliphatic carbocycles. The van der Waals surface area contributed by atoms with Crippen molar-refractivity contribution in [3.63, 3.8) is 0 Å². The molecule has 2 aromatic heterocycles. The Bertz CT molecular complexity index is 1260. The van der Waals surface area contributed by atoms with Crippen molar-refractivity contribution in [1.29, 1.82) is 0 Å². The molecular weight excluding hydrogens is 449 g/mol. The Morgan fingerprint density at radius 2 is 1.97 bits per heavy atom. The number of carbonyl (C=O) groups excluding carboxylic acids is 1. The van der Waals surface area contributed by atoms with Crippen LogP contribution in [0.2, 0.25) is 0 Å². The second-order valence-corrected chi connectivity index (χ2v) is 8.66. The van der Waals surface area contributed by atoms with Crippen molar-refractivity contribution in [2.24, 2.45) is 0 Å². The van der Waals surface area contributed by atoms with Gasteiger partial charge in [0.25, 0.3) is 5.91 Å². The molecule has 0 spiro atoms. The third-order valence-corrected chi connectivity index (χ3v) is 6.43. The lowest BCUT2D eigenvalue weighted by Crippen LogP contribution is -2.49. The van der Waals surface area contributed by atoms with Crippen LogP contribution in [0.25, 0.3) is 10.9 Å². The number of rotatable bonds is 2. The van der Waals surface area contributed by atoms with Gasteiger partial charge in [-0.1, -0.05) is 0 Å². The number of benzene rings is 1. The maximum atomic E-state index is 13.7. The number of hydrogen-bond acceptors (Lipinski definition) is 6. The molecule has 1 aromatic carbocycles. The minimum absolute atomic E-state index is 0.140. The van der Waals surface area contributed by atoms with Crippen molar-refractivity contribution in [2.45, 2.75) is 44.8 Å². The summed E-state index contributed by atoms with van der Waals surface area (Å²) in [4.78, 5) is 23.8. The molecule has 0 saturated carbocycles. The number of aromatic nitrogens is 2. The number of alkyl halides is 3. The van der Waals surface area contributed by atoms with E-state index in [1.807, 2.05) is 13.8 Å². The lowest BCUT2D eigenvalue weighted by molar-refractivity contribution is -0.137. The van der Waals surface area contributed by atoms with Gasteiger partial charge >= 0.3 is 6.18 Å². The van der Waals surface area contributed by atoms with Crippen molar-refractivity contribution >= 4 is 22.6 Å². The summed E-state index contributed by atoms with van der Waals surface area (Å²) in [5, 5.41) is 0.796. The number of hydrogen-bond donors (Lipinski definition) is 1. The van der Waals surface area contributed by atoms with E-state index in [9.17, 15) is 18.0 Å². The number of morpholine rings is 1. The second-order valence-electron chi connectivity index (χ2n) is 8.66. The summed E-state index contributed by atoms with van der Waals surface area (Å²) in [6.07, 6.45) is -3.88. The quantitative estimate of drug-likeness (QED) is 0.594. The van der Waals surface area contributed by atoms with E-state index in [0.29, 0.717) is 35.8 Å². The van der Waals surface area contributed by atoms with Crippen LogP contribution in [0.3, 0.4) is 0 Å². The minimum Gasteiger partial charge on any atom is -0.383 e. The van der Waals surface area contributed by atoms with Crippen LogP contribution in [0.4, 0.5) is 19.0 Å². The Morgan fingerprint density at radius 1 is 1.18 bits per heavy atom. The van der Waals surface area contributed by atoms with Gasteiger partial charge in [0, 0.05) is 22.7 Å². The Hall–Kier alpha value is -3.24. The smallest absolute Gasteiger partial charge is 0.383 e. The first-order valence-corrected chi connectivity index (χ1v) is 10.9. The molecule has 1 amide bonds. The summed E-state index contributed by atoms with van der Waals surface area (Å²) in [7, 11) is 0. The van der Waals surface area contributed by atoms with Crippen LogP contribution in [0.1, 0.15) is 58.7 Å². The first-order chi connectivity index (χ1) is 16.1. The highest BCUT2D eigenvalue weighted by atomic mass is 19.4. The molecule has 178 valence electrons. The highest BCUT2D eigenvalue weighted by molar-refractivity contribution is 5.99. The molecule has 0 bridgehead atoms.